The van der Waals surface area contributed by atoms with Gasteiger partial charge in [0, 0.05) is 0 Å². The third kappa shape index (κ3) is 5.32. The van der Waals surface area contributed by atoms with E-state index in [-0.39, 0.29) is 18.5 Å². The Hall–Kier alpha value is -2.34. The van der Waals surface area contributed by atoms with Crippen LogP contribution in [0.4, 0.5) is 5.69 Å². The van der Waals surface area contributed by atoms with E-state index in [0.717, 1.165) is 33.7 Å². The van der Waals surface area contributed by atoms with Crippen molar-refractivity contribution in [3.05, 3.63) is 64.7 Å². The van der Waals surface area contributed by atoms with Gasteiger partial charge in [-0.25, -0.2) is 8.42 Å². The van der Waals surface area contributed by atoms with Gasteiger partial charge in [0.15, 0.2) is 0 Å². The number of para-hydroxylation sites is 1. The van der Waals surface area contributed by atoms with Crippen LogP contribution in [0, 0.1) is 20.8 Å². The molecule has 1 unspecified atom stereocenters. The zero-order valence-corrected chi connectivity index (χ0v) is 17.4. The van der Waals surface area contributed by atoms with Gasteiger partial charge in [0.25, 0.3) is 0 Å². The Kier molecular flexibility index (Phi) is 6.65. The Morgan fingerprint density at radius 3 is 2.26 bits per heavy atom. The van der Waals surface area contributed by atoms with Crippen LogP contribution in [0.25, 0.3) is 0 Å². The van der Waals surface area contributed by atoms with Crippen molar-refractivity contribution in [2.24, 2.45) is 0 Å². The number of anilines is 1. The first kappa shape index (κ1) is 21.0. The second-order valence-corrected chi connectivity index (χ2v) is 8.83. The molecule has 0 saturated heterocycles. The molecule has 0 aliphatic heterocycles. The molecule has 0 aliphatic carbocycles. The summed E-state index contributed by atoms with van der Waals surface area (Å²) in [7, 11) is -3.58. The molecule has 6 heteroatoms. The molecule has 0 aromatic heterocycles. The first-order valence-corrected chi connectivity index (χ1v) is 10.9. The lowest BCUT2D eigenvalue weighted by atomic mass is 9.99. The topological polar surface area (TPSA) is 66.5 Å². The van der Waals surface area contributed by atoms with Crippen LogP contribution in [0.5, 0.6) is 0 Å². The largest absolute Gasteiger partial charge is 0.348 e. The Labute approximate surface area is 162 Å². The smallest absolute Gasteiger partial charge is 0.241 e. The first-order chi connectivity index (χ1) is 12.6. The molecular formula is C21H28N2O3S. The molecule has 0 aliphatic rings. The highest BCUT2D eigenvalue weighted by atomic mass is 32.2. The summed E-state index contributed by atoms with van der Waals surface area (Å²) in [6, 6.07) is 13.1. The van der Waals surface area contributed by atoms with E-state index in [1.54, 1.807) is 12.1 Å². The lowest BCUT2D eigenvalue weighted by molar-refractivity contribution is -0.120. The van der Waals surface area contributed by atoms with Gasteiger partial charge in [-0.3, -0.25) is 9.10 Å². The number of carbonyl (C=O) groups excluding carboxylic acids is 1. The van der Waals surface area contributed by atoms with E-state index >= 15 is 0 Å². The Morgan fingerprint density at radius 1 is 1.04 bits per heavy atom. The van der Waals surface area contributed by atoms with Gasteiger partial charge in [-0.2, -0.15) is 0 Å². The number of sulfonamides is 1. The number of hydrogen-bond donors (Lipinski definition) is 1. The lowest BCUT2D eigenvalue weighted by Gasteiger charge is -2.25. The summed E-state index contributed by atoms with van der Waals surface area (Å²) in [5, 5.41) is 2.98. The number of nitrogens with one attached hydrogen (secondary N) is 1. The molecule has 1 amide bonds. The van der Waals surface area contributed by atoms with Crippen molar-refractivity contribution in [3.8, 4) is 0 Å². The maximum absolute atomic E-state index is 12.7. The van der Waals surface area contributed by atoms with Gasteiger partial charge in [0.05, 0.1) is 18.0 Å². The molecule has 2 aromatic carbocycles. The van der Waals surface area contributed by atoms with Crippen molar-refractivity contribution < 1.29 is 13.2 Å². The highest BCUT2D eigenvalue weighted by molar-refractivity contribution is 7.92. The number of nitrogens with zero attached hydrogens (tertiary/aromatic N) is 1. The van der Waals surface area contributed by atoms with Crippen molar-refractivity contribution in [1.29, 1.82) is 0 Å². The van der Waals surface area contributed by atoms with E-state index in [1.807, 2.05) is 52.0 Å². The van der Waals surface area contributed by atoms with E-state index in [2.05, 4.69) is 11.4 Å². The fourth-order valence-electron chi connectivity index (χ4n) is 3.00. The number of carbonyl (C=O) groups is 1. The van der Waals surface area contributed by atoms with Gasteiger partial charge < -0.3 is 5.32 Å². The second kappa shape index (κ2) is 8.57. The average molecular weight is 389 g/mol. The number of hydrogen-bond acceptors (Lipinski definition) is 3. The molecule has 0 saturated carbocycles. The van der Waals surface area contributed by atoms with Gasteiger partial charge in [-0.1, -0.05) is 43.3 Å². The zero-order chi connectivity index (χ0) is 20.2. The van der Waals surface area contributed by atoms with E-state index in [1.165, 1.54) is 5.56 Å². The SMILES string of the molecule is CCC(NC(=O)CN(c1ccccc1C)S(C)(=O)=O)c1ccc(C)c(C)c1. The molecule has 0 radical (unpaired) electrons. The van der Waals surface area contributed by atoms with Crippen LogP contribution in [-0.4, -0.2) is 27.1 Å². The highest BCUT2D eigenvalue weighted by Gasteiger charge is 2.23. The van der Waals surface area contributed by atoms with Crippen LogP contribution < -0.4 is 9.62 Å². The standard InChI is InChI=1S/C21H28N2O3S/c1-6-19(18-12-11-15(2)17(4)13-18)22-21(24)14-23(27(5,25)26)20-10-8-7-9-16(20)3/h7-13,19H,6,14H2,1-5H3,(H,22,24). The third-order valence-electron chi connectivity index (χ3n) is 4.75. The van der Waals surface area contributed by atoms with Crippen LogP contribution in [0.2, 0.25) is 0 Å². The summed E-state index contributed by atoms with van der Waals surface area (Å²) in [5.74, 6) is -0.325. The van der Waals surface area contributed by atoms with Crippen molar-refractivity contribution in [1.82, 2.24) is 5.32 Å². The van der Waals surface area contributed by atoms with Gasteiger partial charge in [-0.15, -0.1) is 0 Å². The second-order valence-electron chi connectivity index (χ2n) is 6.93. The first-order valence-electron chi connectivity index (χ1n) is 9.03. The highest BCUT2D eigenvalue weighted by Crippen LogP contribution is 2.23. The fraction of sp³-hybridized carbons (Fsp3) is 0.381. The number of amides is 1. The summed E-state index contributed by atoms with van der Waals surface area (Å²) >= 11 is 0. The monoisotopic (exact) mass is 388 g/mol. The molecule has 0 bridgehead atoms. The summed E-state index contributed by atoms with van der Waals surface area (Å²) in [5.41, 5.74) is 4.71. The van der Waals surface area contributed by atoms with Crippen LogP contribution in [0.3, 0.4) is 0 Å². The summed E-state index contributed by atoms with van der Waals surface area (Å²) in [4.78, 5) is 12.7. The summed E-state index contributed by atoms with van der Waals surface area (Å²) in [6.07, 6.45) is 1.84. The molecule has 0 fully saturated rings. The van der Waals surface area contributed by atoms with Crippen molar-refractivity contribution >= 4 is 21.6 Å². The van der Waals surface area contributed by atoms with E-state index in [0.29, 0.717) is 5.69 Å². The molecule has 2 aromatic rings. The Bertz CT molecular complexity index is 923. The molecule has 0 heterocycles. The quantitative estimate of drug-likeness (QED) is 0.787. The molecule has 1 atom stereocenters. The molecule has 146 valence electrons. The third-order valence-corrected chi connectivity index (χ3v) is 5.87. The van der Waals surface area contributed by atoms with Gasteiger partial charge in [-0.05, 0) is 55.5 Å². The molecule has 0 spiro atoms. The summed E-state index contributed by atoms with van der Waals surface area (Å²) in [6.45, 7) is 7.66. The van der Waals surface area contributed by atoms with Crippen LogP contribution in [0.15, 0.2) is 42.5 Å². The minimum atomic E-state index is -3.58. The summed E-state index contributed by atoms with van der Waals surface area (Å²) < 4.78 is 25.7. The van der Waals surface area contributed by atoms with E-state index < -0.39 is 10.0 Å². The normalized spacial score (nSPS) is 12.5. The zero-order valence-electron chi connectivity index (χ0n) is 16.6. The van der Waals surface area contributed by atoms with Crippen LogP contribution in [-0.2, 0) is 14.8 Å². The van der Waals surface area contributed by atoms with Crippen molar-refractivity contribution in [2.45, 2.75) is 40.2 Å². The number of aryl methyl sites for hydroxylation is 3. The fourth-order valence-corrected chi connectivity index (χ4v) is 3.91. The number of benzene rings is 2. The van der Waals surface area contributed by atoms with Crippen LogP contribution in [0.1, 0.15) is 41.6 Å². The minimum Gasteiger partial charge on any atom is -0.348 e. The van der Waals surface area contributed by atoms with E-state index in [9.17, 15) is 13.2 Å². The maximum atomic E-state index is 12.7. The molecule has 2 rings (SSSR count). The van der Waals surface area contributed by atoms with Crippen molar-refractivity contribution in [2.75, 3.05) is 17.1 Å². The van der Waals surface area contributed by atoms with Gasteiger partial charge in [0.2, 0.25) is 15.9 Å². The van der Waals surface area contributed by atoms with E-state index in [4.69, 9.17) is 0 Å². The minimum absolute atomic E-state index is 0.157. The Morgan fingerprint density at radius 2 is 1.70 bits per heavy atom. The molecular weight excluding hydrogens is 360 g/mol. The lowest BCUT2D eigenvalue weighted by Crippen LogP contribution is -2.41. The predicted octanol–water partition coefficient (Wildman–Crippen LogP) is 3.65. The maximum Gasteiger partial charge on any atom is 0.241 e. The van der Waals surface area contributed by atoms with Gasteiger partial charge >= 0.3 is 0 Å². The molecule has 5 nitrogen and oxygen atoms in total. The molecule has 27 heavy (non-hydrogen) atoms. The average Bonchev–Trinajstić information content (AvgIpc) is 2.60. The predicted molar refractivity (Wildman–Crippen MR) is 110 cm³/mol. The Balaban J connectivity index is 2.22. The molecule has 1 N–H and O–H groups in total. The van der Waals surface area contributed by atoms with Gasteiger partial charge in [0.1, 0.15) is 6.54 Å². The van der Waals surface area contributed by atoms with Crippen LogP contribution >= 0.6 is 0 Å². The number of rotatable bonds is 7. The van der Waals surface area contributed by atoms with Crippen molar-refractivity contribution in [3.63, 3.8) is 0 Å².